The third-order valence-electron chi connectivity index (χ3n) is 2.51. The Morgan fingerprint density at radius 3 is 2.71 bits per heavy atom. The van der Waals surface area contributed by atoms with Crippen molar-refractivity contribution in [3.05, 3.63) is 42.6 Å². The van der Waals surface area contributed by atoms with Gasteiger partial charge in [-0.05, 0) is 18.2 Å². The predicted octanol–water partition coefficient (Wildman–Crippen LogP) is 1.46. The van der Waals surface area contributed by atoms with Gasteiger partial charge in [0.05, 0.1) is 16.6 Å². The van der Waals surface area contributed by atoms with Crippen LogP contribution in [0.25, 0.3) is 0 Å². The molecule has 88 valence electrons. The van der Waals surface area contributed by atoms with Gasteiger partial charge < -0.3 is 11.1 Å². The van der Waals surface area contributed by atoms with Gasteiger partial charge in [0.25, 0.3) is 0 Å². The molecular formula is C12H14N4S. The quantitative estimate of drug-likeness (QED) is 0.776. The van der Waals surface area contributed by atoms with Gasteiger partial charge in [-0.25, -0.2) is 5.01 Å². The standard InChI is InChI=1S/C12H14N4S/c1-14-12(17)10-7-8-16(15-11(10)13)9-5-3-2-4-6-9/h2-8,10H,1H3,(H2,13,15)(H,14,17). The van der Waals surface area contributed by atoms with Crippen molar-refractivity contribution in [1.82, 2.24) is 5.32 Å². The maximum atomic E-state index is 5.91. The van der Waals surface area contributed by atoms with Gasteiger partial charge in [0.15, 0.2) is 0 Å². The predicted molar refractivity (Wildman–Crippen MR) is 74.8 cm³/mol. The Kier molecular flexibility index (Phi) is 3.39. The van der Waals surface area contributed by atoms with Crippen LogP contribution in [0.3, 0.4) is 0 Å². The van der Waals surface area contributed by atoms with E-state index in [4.69, 9.17) is 18.0 Å². The number of amidine groups is 1. The molecule has 0 radical (unpaired) electrons. The van der Waals surface area contributed by atoms with Crippen molar-refractivity contribution in [2.45, 2.75) is 0 Å². The zero-order valence-electron chi connectivity index (χ0n) is 9.50. The van der Waals surface area contributed by atoms with E-state index in [1.54, 1.807) is 12.1 Å². The van der Waals surface area contributed by atoms with Crippen LogP contribution in [-0.4, -0.2) is 17.9 Å². The largest absolute Gasteiger partial charge is 0.385 e. The Morgan fingerprint density at radius 1 is 1.41 bits per heavy atom. The molecule has 2 rings (SSSR count). The molecule has 1 unspecified atom stereocenters. The molecule has 0 saturated heterocycles. The molecule has 17 heavy (non-hydrogen) atoms. The van der Waals surface area contributed by atoms with Gasteiger partial charge in [-0.15, -0.1) is 0 Å². The summed E-state index contributed by atoms with van der Waals surface area (Å²) in [6.45, 7) is 0. The van der Waals surface area contributed by atoms with E-state index in [0.29, 0.717) is 10.8 Å². The van der Waals surface area contributed by atoms with E-state index >= 15 is 0 Å². The summed E-state index contributed by atoms with van der Waals surface area (Å²) >= 11 is 5.17. The van der Waals surface area contributed by atoms with Crippen molar-refractivity contribution in [1.29, 1.82) is 0 Å². The highest BCUT2D eigenvalue weighted by Crippen LogP contribution is 2.19. The number of nitrogens with two attached hydrogens (primary N) is 1. The maximum Gasteiger partial charge on any atom is 0.134 e. The first kappa shape index (κ1) is 11.6. The summed E-state index contributed by atoms with van der Waals surface area (Å²) in [5.74, 6) is 0.380. The Bertz CT molecular complexity index is 467. The number of thiocarbonyl (C=S) groups is 1. The fourth-order valence-electron chi connectivity index (χ4n) is 1.59. The Balaban J connectivity index is 2.20. The van der Waals surface area contributed by atoms with E-state index in [0.717, 1.165) is 5.69 Å². The summed E-state index contributed by atoms with van der Waals surface area (Å²) in [4.78, 5) is 0.676. The van der Waals surface area contributed by atoms with Gasteiger partial charge in [0.2, 0.25) is 0 Å². The number of anilines is 1. The molecule has 0 amide bonds. The van der Waals surface area contributed by atoms with Gasteiger partial charge in [-0.1, -0.05) is 30.4 Å². The van der Waals surface area contributed by atoms with E-state index in [1.807, 2.05) is 42.6 Å². The maximum absolute atomic E-state index is 5.91. The second kappa shape index (κ2) is 4.97. The molecule has 1 aromatic carbocycles. The minimum absolute atomic E-state index is 0.116. The molecule has 1 atom stereocenters. The molecule has 4 nitrogen and oxygen atoms in total. The molecule has 1 aliphatic rings. The molecule has 0 fully saturated rings. The van der Waals surface area contributed by atoms with Crippen LogP contribution in [-0.2, 0) is 0 Å². The van der Waals surface area contributed by atoms with Crippen LogP contribution in [0, 0.1) is 5.92 Å². The number of hydrogen-bond donors (Lipinski definition) is 2. The highest BCUT2D eigenvalue weighted by molar-refractivity contribution is 7.80. The van der Waals surface area contributed by atoms with Crippen molar-refractivity contribution in [3.8, 4) is 0 Å². The zero-order valence-corrected chi connectivity index (χ0v) is 10.3. The molecule has 1 heterocycles. The van der Waals surface area contributed by atoms with Crippen molar-refractivity contribution in [3.63, 3.8) is 0 Å². The van der Waals surface area contributed by atoms with E-state index in [9.17, 15) is 0 Å². The molecule has 0 spiro atoms. The van der Waals surface area contributed by atoms with Crippen LogP contribution in [0.1, 0.15) is 0 Å². The summed E-state index contributed by atoms with van der Waals surface area (Å²) in [6, 6.07) is 9.82. The van der Waals surface area contributed by atoms with Gasteiger partial charge in [0.1, 0.15) is 5.84 Å². The highest BCUT2D eigenvalue weighted by Gasteiger charge is 2.20. The van der Waals surface area contributed by atoms with E-state index in [2.05, 4.69) is 10.4 Å². The minimum Gasteiger partial charge on any atom is -0.385 e. The highest BCUT2D eigenvalue weighted by atomic mass is 32.1. The Morgan fingerprint density at radius 2 is 2.12 bits per heavy atom. The molecule has 1 aromatic rings. The number of nitrogens with zero attached hydrogens (tertiary/aromatic N) is 2. The lowest BCUT2D eigenvalue weighted by Crippen LogP contribution is -2.38. The lowest BCUT2D eigenvalue weighted by molar-refractivity contribution is 0.962. The first-order chi connectivity index (χ1) is 8.22. The summed E-state index contributed by atoms with van der Waals surface area (Å²) in [5.41, 5.74) is 6.89. The SMILES string of the molecule is CNC(=S)C1C=CN(c2ccccc2)N=C1N. The lowest BCUT2D eigenvalue weighted by atomic mass is 10.1. The molecule has 5 heteroatoms. The van der Waals surface area contributed by atoms with Crippen LogP contribution >= 0.6 is 12.2 Å². The van der Waals surface area contributed by atoms with Gasteiger partial charge >= 0.3 is 0 Å². The lowest BCUT2D eigenvalue weighted by Gasteiger charge is -2.23. The van der Waals surface area contributed by atoms with Crippen LogP contribution in [0.2, 0.25) is 0 Å². The number of hydrazone groups is 1. The molecule has 1 aliphatic heterocycles. The monoisotopic (exact) mass is 246 g/mol. The summed E-state index contributed by atoms with van der Waals surface area (Å²) < 4.78 is 0. The van der Waals surface area contributed by atoms with Crippen LogP contribution < -0.4 is 16.1 Å². The first-order valence-electron chi connectivity index (χ1n) is 5.30. The van der Waals surface area contributed by atoms with Crippen molar-refractivity contribution >= 4 is 28.7 Å². The second-order valence-corrected chi connectivity index (χ2v) is 4.08. The van der Waals surface area contributed by atoms with Crippen molar-refractivity contribution in [2.75, 3.05) is 12.1 Å². The molecule has 0 aromatic heterocycles. The smallest absolute Gasteiger partial charge is 0.134 e. The number of nitrogens with one attached hydrogen (secondary N) is 1. The van der Waals surface area contributed by atoms with Gasteiger partial charge in [-0.2, -0.15) is 5.10 Å². The van der Waals surface area contributed by atoms with Crippen LogP contribution in [0.4, 0.5) is 5.69 Å². The van der Waals surface area contributed by atoms with Gasteiger partial charge in [-0.3, -0.25) is 0 Å². The average molecular weight is 246 g/mol. The third-order valence-corrected chi connectivity index (χ3v) is 2.97. The number of rotatable bonds is 2. The fraction of sp³-hybridized carbons (Fsp3) is 0.167. The Labute approximate surface area is 106 Å². The minimum atomic E-state index is -0.116. The van der Waals surface area contributed by atoms with E-state index in [-0.39, 0.29) is 5.92 Å². The molecule has 0 saturated carbocycles. The zero-order chi connectivity index (χ0) is 12.3. The summed E-state index contributed by atoms with van der Waals surface area (Å²) in [7, 11) is 1.78. The van der Waals surface area contributed by atoms with Crippen molar-refractivity contribution in [2.24, 2.45) is 16.8 Å². The number of para-hydroxylation sites is 1. The van der Waals surface area contributed by atoms with Crippen molar-refractivity contribution < 1.29 is 0 Å². The first-order valence-corrected chi connectivity index (χ1v) is 5.71. The second-order valence-electron chi connectivity index (χ2n) is 3.64. The fourth-order valence-corrected chi connectivity index (χ4v) is 1.79. The average Bonchev–Trinajstić information content (AvgIpc) is 2.39. The molecule has 0 aliphatic carbocycles. The normalized spacial score (nSPS) is 18.8. The van der Waals surface area contributed by atoms with E-state index < -0.39 is 0 Å². The summed E-state index contributed by atoms with van der Waals surface area (Å²) in [6.07, 6.45) is 3.81. The Hall–Kier alpha value is -1.88. The van der Waals surface area contributed by atoms with Gasteiger partial charge in [0, 0.05) is 13.2 Å². The molecule has 0 bridgehead atoms. The topological polar surface area (TPSA) is 53.6 Å². The number of benzene rings is 1. The van der Waals surface area contributed by atoms with E-state index in [1.165, 1.54) is 0 Å². The van der Waals surface area contributed by atoms with Crippen LogP contribution in [0.15, 0.2) is 47.7 Å². The van der Waals surface area contributed by atoms with Crippen LogP contribution in [0.5, 0.6) is 0 Å². The third kappa shape index (κ3) is 2.45. The molecule has 3 N–H and O–H groups in total. The molecular weight excluding hydrogens is 232 g/mol. The number of hydrogen-bond acceptors (Lipinski definition) is 4. The summed E-state index contributed by atoms with van der Waals surface area (Å²) in [5, 5.41) is 8.98.